The topological polar surface area (TPSA) is 77.2 Å². The highest BCUT2D eigenvalue weighted by molar-refractivity contribution is 5.85. The summed E-state index contributed by atoms with van der Waals surface area (Å²) in [6, 6.07) is 9.45. The van der Waals surface area contributed by atoms with Crippen molar-refractivity contribution >= 4 is 16.8 Å². The lowest BCUT2D eigenvalue weighted by Gasteiger charge is -2.17. The van der Waals surface area contributed by atoms with Gasteiger partial charge in [-0.1, -0.05) is 31.5 Å². The predicted octanol–water partition coefficient (Wildman–Crippen LogP) is 1.77. The van der Waals surface area contributed by atoms with E-state index in [4.69, 9.17) is 10.6 Å². The molecule has 3 N–H and O–H groups in total. The van der Waals surface area contributed by atoms with Crippen LogP contribution >= 0.6 is 0 Å². The third-order valence-electron chi connectivity index (χ3n) is 2.85. The zero-order chi connectivity index (χ0) is 13.7. The van der Waals surface area contributed by atoms with Gasteiger partial charge in [-0.05, 0) is 18.6 Å². The van der Waals surface area contributed by atoms with Crippen molar-refractivity contribution < 1.29 is 9.53 Å². The van der Waals surface area contributed by atoms with Gasteiger partial charge in [0.05, 0.1) is 0 Å². The number of hydrogen-bond donors (Lipinski definition) is 2. The molecule has 0 aliphatic carbocycles. The molecule has 0 aliphatic heterocycles. The Morgan fingerprint density at radius 3 is 2.95 bits per heavy atom. The van der Waals surface area contributed by atoms with E-state index in [0.29, 0.717) is 12.2 Å². The predicted molar refractivity (Wildman–Crippen MR) is 73.4 cm³/mol. The van der Waals surface area contributed by atoms with Gasteiger partial charge < -0.3 is 4.74 Å². The monoisotopic (exact) mass is 259 g/mol. The van der Waals surface area contributed by atoms with Gasteiger partial charge >= 0.3 is 0 Å². The number of nitrogens with one attached hydrogen (secondary N) is 1. The molecular formula is C14H17N3O2. The lowest BCUT2D eigenvalue weighted by Crippen LogP contribution is -2.42. The lowest BCUT2D eigenvalue weighted by molar-refractivity contribution is -0.128. The van der Waals surface area contributed by atoms with Crippen LogP contribution in [0.5, 0.6) is 5.75 Å². The van der Waals surface area contributed by atoms with Crippen LogP contribution in [-0.4, -0.2) is 17.0 Å². The second kappa shape index (κ2) is 6.15. The van der Waals surface area contributed by atoms with Gasteiger partial charge in [0.1, 0.15) is 11.3 Å². The molecular weight excluding hydrogens is 242 g/mol. The minimum absolute atomic E-state index is 0.324. The third kappa shape index (κ3) is 3.00. The maximum absolute atomic E-state index is 11.7. The summed E-state index contributed by atoms with van der Waals surface area (Å²) in [6.45, 7) is 1.99. The molecule has 0 aliphatic rings. The zero-order valence-electron chi connectivity index (χ0n) is 10.8. The fourth-order valence-corrected chi connectivity index (χ4v) is 1.92. The van der Waals surface area contributed by atoms with E-state index >= 15 is 0 Å². The van der Waals surface area contributed by atoms with Crippen LogP contribution < -0.4 is 16.0 Å². The molecule has 1 atom stereocenters. The van der Waals surface area contributed by atoms with Gasteiger partial charge in [-0.25, -0.2) is 5.84 Å². The van der Waals surface area contributed by atoms with E-state index < -0.39 is 6.10 Å². The Balaban J connectivity index is 2.31. The Morgan fingerprint density at radius 2 is 2.21 bits per heavy atom. The Kier molecular flexibility index (Phi) is 4.30. The Hall–Kier alpha value is -2.14. The maximum atomic E-state index is 11.7. The van der Waals surface area contributed by atoms with Crippen LogP contribution in [0, 0.1) is 0 Å². The molecule has 2 aromatic rings. The van der Waals surface area contributed by atoms with Gasteiger partial charge in [-0.2, -0.15) is 0 Å². The highest BCUT2D eigenvalue weighted by Crippen LogP contribution is 2.24. The van der Waals surface area contributed by atoms with Crippen LogP contribution in [0.3, 0.4) is 0 Å². The van der Waals surface area contributed by atoms with E-state index in [2.05, 4.69) is 10.4 Å². The number of para-hydroxylation sites is 1. The van der Waals surface area contributed by atoms with Gasteiger partial charge in [0.25, 0.3) is 5.91 Å². The SMILES string of the molecule is CCCC(Oc1cccc2cccnc12)C(=O)NN. The van der Waals surface area contributed by atoms with Gasteiger partial charge in [0.15, 0.2) is 6.10 Å². The molecule has 5 nitrogen and oxygen atoms in total. The second-order valence-electron chi connectivity index (χ2n) is 4.24. The normalized spacial score (nSPS) is 12.1. The molecule has 5 heteroatoms. The molecule has 0 radical (unpaired) electrons. The first kappa shape index (κ1) is 13.3. The Bertz CT molecular complexity index is 566. The number of pyridine rings is 1. The van der Waals surface area contributed by atoms with E-state index in [9.17, 15) is 4.79 Å². The molecule has 1 aromatic carbocycles. The first-order chi connectivity index (χ1) is 9.26. The summed E-state index contributed by atoms with van der Waals surface area (Å²) in [5.41, 5.74) is 2.88. The smallest absolute Gasteiger partial charge is 0.274 e. The van der Waals surface area contributed by atoms with Crippen LogP contribution in [0.2, 0.25) is 0 Å². The van der Waals surface area contributed by atoms with E-state index in [1.54, 1.807) is 6.20 Å². The molecule has 0 saturated heterocycles. The lowest BCUT2D eigenvalue weighted by atomic mass is 10.2. The van der Waals surface area contributed by atoms with Crippen molar-refractivity contribution in [3.05, 3.63) is 36.5 Å². The summed E-state index contributed by atoms with van der Waals surface area (Å²) in [4.78, 5) is 16.0. The first-order valence-corrected chi connectivity index (χ1v) is 6.27. The molecule has 0 fully saturated rings. The number of hydrogen-bond acceptors (Lipinski definition) is 4. The molecule has 1 amide bonds. The van der Waals surface area contributed by atoms with Crippen LogP contribution in [0.15, 0.2) is 36.5 Å². The van der Waals surface area contributed by atoms with E-state index in [0.717, 1.165) is 17.3 Å². The summed E-state index contributed by atoms with van der Waals surface area (Å²) in [5.74, 6) is 5.45. The van der Waals surface area contributed by atoms with Crippen molar-refractivity contribution in [1.29, 1.82) is 0 Å². The number of benzene rings is 1. The van der Waals surface area contributed by atoms with Gasteiger partial charge in [0, 0.05) is 11.6 Å². The zero-order valence-corrected chi connectivity index (χ0v) is 10.8. The minimum atomic E-state index is -0.595. The first-order valence-electron chi connectivity index (χ1n) is 6.27. The molecule has 0 bridgehead atoms. The van der Waals surface area contributed by atoms with Crippen molar-refractivity contribution in [1.82, 2.24) is 10.4 Å². The maximum Gasteiger partial charge on any atom is 0.274 e. The van der Waals surface area contributed by atoms with Crippen molar-refractivity contribution in [2.24, 2.45) is 5.84 Å². The number of nitrogens with two attached hydrogens (primary N) is 1. The van der Waals surface area contributed by atoms with Crippen LogP contribution in [0.25, 0.3) is 10.9 Å². The fourth-order valence-electron chi connectivity index (χ4n) is 1.92. The van der Waals surface area contributed by atoms with Crippen LogP contribution in [-0.2, 0) is 4.79 Å². The van der Waals surface area contributed by atoms with Crippen LogP contribution in [0.4, 0.5) is 0 Å². The number of rotatable bonds is 5. The standard InChI is InChI=1S/C14H17N3O2/c1-2-5-12(14(18)17-15)19-11-8-3-6-10-7-4-9-16-13(10)11/h3-4,6-9,12H,2,5,15H2,1H3,(H,17,18). The van der Waals surface area contributed by atoms with E-state index in [1.807, 2.05) is 37.3 Å². The number of carbonyl (C=O) groups is 1. The molecule has 1 aromatic heterocycles. The third-order valence-corrected chi connectivity index (χ3v) is 2.85. The van der Waals surface area contributed by atoms with Crippen molar-refractivity contribution in [2.75, 3.05) is 0 Å². The Labute approximate surface area is 111 Å². The molecule has 1 heterocycles. The van der Waals surface area contributed by atoms with Gasteiger partial charge in [0.2, 0.25) is 0 Å². The molecule has 0 saturated carbocycles. The van der Waals surface area contributed by atoms with Crippen molar-refractivity contribution in [2.45, 2.75) is 25.9 Å². The summed E-state index contributed by atoms with van der Waals surface area (Å²) in [5, 5.41) is 0.975. The average Bonchev–Trinajstić information content (AvgIpc) is 2.46. The number of nitrogens with zero attached hydrogens (tertiary/aromatic N) is 1. The number of carbonyl (C=O) groups excluding carboxylic acids is 1. The summed E-state index contributed by atoms with van der Waals surface area (Å²) in [6.07, 6.45) is 2.54. The molecule has 19 heavy (non-hydrogen) atoms. The summed E-state index contributed by atoms with van der Waals surface area (Å²) >= 11 is 0. The summed E-state index contributed by atoms with van der Waals surface area (Å²) < 4.78 is 5.77. The fraction of sp³-hybridized carbons (Fsp3) is 0.286. The molecule has 0 spiro atoms. The largest absolute Gasteiger partial charge is 0.478 e. The molecule has 1 unspecified atom stereocenters. The number of aromatic nitrogens is 1. The molecule has 100 valence electrons. The number of amides is 1. The minimum Gasteiger partial charge on any atom is -0.478 e. The quantitative estimate of drug-likeness (QED) is 0.487. The van der Waals surface area contributed by atoms with E-state index in [-0.39, 0.29) is 5.91 Å². The Morgan fingerprint density at radius 1 is 1.42 bits per heavy atom. The molecule has 2 rings (SSSR count). The number of hydrazine groups is 1. The second-order valence-corrected chi connectivity index (χ2v) is 4.24. The highest BCUT2D eigenvalue weighted by atomic mass is 16.5. The average molecular weight is 259 g/mol. The van der Waals surface area contributed by atoms with Crippen LogP contribution in [0.1, 0.15) is 19.8 Å². The number of fused-ring (bicyclic) bond motifs is 1. The van der Waals surface area contributed by atoms with E-state index in [1.165, 1.54) is 0 Å². The number of ether oxygens (including phenoxy) is 1. The van der Waals surface area contributed by atoms with Gasteiger partial charge in [-0.15, -0.1) is 0 Å². The highest BCUT2D eigenvalue weighted by Gasteiger charge is 2.19. The van der Waals surface area contributed by atoms with Crippen molar-refractivity contribution in [3.8, 4) is 5.75 Å². The van der Waals surface area contributed by atoms with Crippen molar-refractivity contribution in [3.63, 3.8) is 0 Å². The summed E-state index contributed by atoms with van der Waals surface area (Å²) in [7, 11) is 0. The van der Waals surface area contributed by atoms with Gasteiger partial charge in [-0.3, -0.25) is 15.2 Å².